The molecule has 0 spiro atoms. The Morgan fingerprint density at radius 3 is 2.32 bits per heavy atom. The van der Waals surface area contributed by atoms with Gasteiger partial charge in [0.05, 0.1) is 16.3 Å². The Bertz CT molecular complexity index is 511. The van der Waals surface area contributed by atoms with Gasteiger partial charge in [0.25, 0.3) is 5.91 Å². The van der Waals surface area contributed by atoms with Crippen molar-refractivity contribution in [2.45, 2.75) is 6.92 Å². The van der Waals surface area contributed by atoms with Gasteiger partial charge >= 0.3 is 0 Å². The van der Waals surface area contributed by atoms with Crippen molar-refractivity contribution < 1.29 is 9.59 Å². The van der Waals surface area contributed by atoms with Crippen LogP contribution < -0.4 is 5.73 Å². The van der Waals surface area contributed by atoms with E-state index < -0.39 is 0 Å². The molecular weight excluding hydrogens is 266 g/mol. The summed E-state index contributed by atoms with van der Waals surface area (Å²) in [4.78, 5) is 27.0. The van der Waals surface area contributed by atoms with Crippen LogP contribution in [0.25, 0.3) is 0 Å². The number of nitrogens with two attached hydrogens (primary N) is 1. The molecule has 19 heavy (non-hydrogen) atoms. The molecule has 1 aliphatic heterocycles. The van der Waals surface area contributed by atoms with Crippen molar-refractivity contribution in [2.24, 2.45) is 0 Å². The zero-order chi connectivity index (χ0) is 14.0. The molecule has 2 N–H and O–H groups in total. The van der Waals surface area contributed by atoms with Crippen LogP contribution in [0.15, 0.2) is 18.2 Å². The molecule has 0 bridgehead atoms. The van der Waals surface area contributed by atoms with Gasteiger partial charge in [-0.05, 0) is 12.1 Å². The Morgan fingerprint density at radius 2 is 1.74 bits per heavy atom. The summed E-state index contributed by atoms with van der Waals surface area (Å²) in [6, 6.07) is 5.03. The van der Waals surface area contributed by atoms with Crippen molar-refractivity contribution in [3.8, 4) is 0 Å². The standard InChI is InChI=1S/C13H16ClN3O2/c1-9(18)16-5-7-17(8-6-16)13(19)10-3-2-4-11(14)12(10)15/h2-4H,5-8,15H2,1H3. The number of rotatable bonds is 1. The van der Waals surface area contributed by atoms with Gasteiger partial charge in [-0.3, -0.25) is 9.59 Å². The summed E-state index contributed by atoms with van der Waals surface area (Å²) in [6.07, 6.45) is 0. The molecule has 0 unspecified atom stereocenters. The second kappa shape index (κ2) is 5.48. The Balaban J connectivity index is 2.09. The van der Waals surface area contributed by atoms with E-state index in [9.17, 15) is 9.59 Å². The largest absolute Gasteiger partial charge is 0.397 e. The van der Waals surface area contributed by atoms with Gasteiger partial charge < -0.3 is 15.5 Å². The fourth-order valence-electron chi connectivity index (χ4n) is 2.12. The summed E-state index contributed by atoms with van der Waals surface area (Å²) in [5.74, 6) is -0.0995. The lowest BCUT2D eigenvalue weighted by atomic mass is 10.1. The van der Waals surface area contributed by atoms with Crippen LogP contribution in [0.5, 0.6) is 0 Å². The minimum Gasteiger partial charge on any atom is -0.397 e. The summed E-state index contributed by atoms with van der Waals surface area (Å²) in [5.41, 5.74) is 6.55. The topological polar surface area (TPSA) is 66.6 Å². The Kier molecular flexibility index (Phi) is 3.95. The van der Waals surface area contributed by atoms with Crippen LogP contribution in [0.3, 0.4) is 0 Å². The third-order valence-corrected chi connectivity index (χ3v) is 3.63. The number of amides is 2. The summed E-state index contributed by atoms with van der Waals surface area (Å²) >= 11 is 5.91. The van der Waals surface area contributed by atoms with E-state index >= 15 is 0 Å². The van der Waals surface area contributed by atoms with Gasteiger partial charge in [0, 0.05) is 33.1 Å². The van der Waals surface area contributed by atoms with Crippen LogP contribution in [0, 0.1) is 0 Å². The van der Waals surface area contributed by atoms with Crippen LogP contribution in [0.4, 0.5) is 5.69 Å². The number of carbonyl (C=O) groups excluding carboxylic acids is 2. The molecule has 102 valence electrons. The van der Waals surface area contributed by atoms with E-state index in [2.05, 4.69) is 0 Å². The highest BCUT2D eigenvalue weighted by Gasteiger charge is 2.24. The first-order valence-corrected chi connectivity index (χ1v) is 6.47. The highest BCUT2D eigenvalue weighted by atomic mass is 35.5. The van der Waals surface area contributed by atoms with Crippen LogP contribution in [-0.4, -0.2) is 47.8 Å². The van der Waals surface area contributed by atoms with E-state index in [4.69, 9.17) is 17.3 Å². The smallest absolute Gasteiger partial charge is 0.256 e. The maximum atomic E-state index is 12.3. The molecule has 1 saturated heterocycles. The van der Waals surface area contributed by atoms with E-state index in [1.54, 1.807) is 28.0 Å². The van der Waals surface area contributed by atoms with Crippen molar-refractivity contribution in [3.05, 3.63) is 28.8 Å². The molecule has 6 heteroatoms. The molecule has 0 aliphatic carbocycles. The highest BCUT2D eigenvalue weighted by molar-refractivity contribution is 6.33. The van der Waals surface area contributed by atoms with Crippen molar-refractivity contribution in [1.82, 2.24) is 9.80 Å². The van der Waals surface area contributed by atoms with Crippen molar-refractivity contribution in [1.29, 1.82) is 0 Å². The maximum absolute atomic E-state index is 12.3. The molecule has 2 rings (SSSR count). The first kappa shape index (κ1) is 13.7. The van der Waals surface area contributed by atoms with Crippen LogP contribution in [-0.2, 0) is 4.79 Å². The van der Waals surface area contributed by atoms with E-state index in [-0.39, 0.29) is 11.8 Å². The second-order valence-electron chi connectivity index (χ2n) is 4.50. The minimum atomic E-state index is -0.136. The molecule has 1 aliphatic rings. The van der Waals surface area contributed by atoms with Crippen molar-refractivity contribution in [2.75, 3.05) is 31.9 Å². The molecule has 1 heterocycles. The molecule has 0 radical (unpaired) electrons. The third kappa shape index (κ3) is 2.81. The first-order chi connectivity index (χ1) is 9.00. The molecule has 0 aromatic heterocycles. The molecule has 2 amide bonds. The van der Waals surface area contributed by atoms with Gasteiger partial charge in [-0.15, -0.1) is 0 Å². The fourth-order valence-corrected chi connectivity index (χ4v) is 2.29. The summed E-state index contributed by atoms with van der Waals surface area (Å²) in [6.45, 7) is 3.68. The van der Waals surface area contributed by atoms with E-state index in [1.807, 2.05) is 0 Å². The molecule has 5 nitrogen and oxygen atoms in total. The molecule has 0 atom stereocenters. The number of hydrogen-bond acceptors (Lipinski definition) is 3. The van der Waals surface area contributed by atoms with E-state index in [0.29, 0.717) is 42.5 Å². The maximum Gasteiger partial charge on any atom is 0.256 e. The lowest BCUT2D eigenvalue weighted by Crippen LogP contribution is -2.50. The summed E-state index contributed by atoms with van der Waals surface area (Å²) < 4.78 is 0. The molecule has 1 aromatic rings. The number of hydrogen-bond donors (Lipinski definition) is 1. The summed E-state index contributed by atoms with van der Waals surface area (Å²) in [7, 11) is 0. The number of nitrogen functional groups attached to an aromatic ring is 1. The number of para-hydroxylation sites is 1. The Morgan fingerprint density at radius 1 is 1.16 bits per heavy atom. The molecule has 0 saturated carbocycles. The van der Waals surface area contributed by atoms with Crippen molar-refractivity contribution >= 4 is 29.1 Å². The van der Waals surface area contributed by atoms with E-state index in [0.717, 1.165) is 0 Å². The number of anilines is 1. The summed E-state index contributed by atoms with van der Waals surface area (Å²) in [5, 5.41) is 0.383. The highest BCUT2D eigenvalue weighted by Crippen LogP contribution is 2.24. The van der Waals surface area contributed by atoms with Crippen molar-refractivity contribution in [3.63, 3.8) is 0 Å². The fraction of sp³-hybridized carbons (Fsp3) is 0.385. The zero-order valence-corrected chi connectivity index (χ0v) is 11.5. The van der Waals surface area contributed by atoms with Gasteiger partial charge in [0.2, 0.25) is 5.91 Å². The van der Waals surface area contributed by atoms with Crippen LogP contribution >= 0.6 is 11.6 Å². The monoisotopic (exact) mass is 281 g/mol. The Labute approximate surface area is 116 Å². The zero-order valence-electron chi connectivity index (χ0n) is 10.7. The normalized spacial score (nSPS) is 15.5. The quantitative estimate of drug-likeness (QED) is 0.787. The average Bonchev–Trinajstić information content (AvgIpc) is 2.41. The van der Waals surface area contributed by atoms with E-state index in [1.165, 1.54) is 6.92 Å². The average molecular weight is 282 g/mol. The number of halogens is 1. The number of benzene rings is 1. The number of carbonyl (C=O) groups is 2. The first-order valence-electron chi connectivity index (χ1n) is 6.09. The van der Waals surface area contributed by atoms with Crippen LogP contribution in [0.1, 0.15) is 17.3 Å². The predicted octanol–water partition coefficient (Wildman–Crippen LogP) is 1.23. The van der Waals surface area contributed by atoms with Gasteiger partial charge in [0.1, 0.15) is 0 Å². The number of piperazine rings is 1. The van der Waals surface area contributed by atoms with Gasteiger partial charge in [-0.2, -0.15) is 0 Å². The van der Waals surface area contributed by atoms with Crippen LogP contribution in [0.2, 0.25) is 5.02 Å². The second-order valence-corrected chi connectivity index (χ2v) is 4.91. The van der Waals surface area contributed by atoms with Gasteiger partial charge in [-0.25, -0.2) is 0 Å². The lowest BCUT2D eigenvalue weighted by molar-refractivity contribution is -0.130. The third-order valence-electron chi connectivity index (χ3n) is 3.30. The minimum absolute atomic E-state index is 0.0365. The molecular formula is C13H16ClN3O2. The Hall–Kier alpha value is -1.75. The molecule has 1 fully saturated rings. The number of nitrogens with zero attached hydrogens (tertiary/aromatic N) is 2. The SMILES string of the molecule is CC(=O)N1CCN(C(=O)c2cccc(Cl)c2N)CC1. The molecule has 1 aromatic carbocycles. The predicted molar refractivity (Wildman–Crippen MR) is 74.0 cm³/mol. The van der Waals surface area contributed by atoms with Gasteiger partial charge in [-0.1, -0.05) is 17.7 Å². The lowest BCUT2D eigenvalue weighted by Gasteiger charge is -2.34. The van der Waals surface area contributed by atoms with Gasteiger partial charge in [0.15, 0.2) is 0 Å².